The van der Waals surface area contributed by atoms with Gasteiger partial charge in [0.2, 0.25) is 0 Å². The maximum absolute atomic E-state index is 11.8. The number of unbranched alkanes of at least 4 members (excludes halogenated alkanes) is 1. The number of allylic oxidation sites excluding steroid dienone is 1. The molecule has 0 heterocycles. The molecular formula is C14H26N2O3. The van der Waals surface area contributed by atoms with Crippen LogP contribution in [0.15, 0.2) is 12.7 Å². The highest BCUT2D eigenvalue weighted by Gasteiger charge is 2.35. The smallest absolute Gasteiger partial charge is 0.317 e. The number of rotatable bonds is 9. The number of amides is 2. The molecule has 19 heavy (non-hydrogen) atoms. The van der Waals surface area contributed by atoms with Crippen LogP contribution in [-0.4, -0.2) is 42.1 Å². The van der Waals surface area contributed by atoms with Crippen LogP contribution < -0.4 is 5.32 Å². The van der Waals surface area contributed by atoms with E-state index in [0.29, 0.717) is 19.4 Å². The number of nitrogens with zero attached hydrogens (tertiary/aromatic N) is 1. The van der Waals surface area contributed by atoms with E-state index in [0.717, 1.165) is 12.8 Å². The summed E-state index contributed by atoms with van der Waals surface area (Å²) in [5.41, 5.74) is -0.863. The Bertz CT molecular complexity index is 312. The van der Waals surface area contributed by atoms with Crippen molar-refractivity contribution in [2.24, 2.45) is 5.41 Å². The van der Waals surface area contributed by atoms with Crippen molar-refractivity contribution in [1.29, 1.82) is 0 Å². The second-order valence-corrected chi connectivity index (χ2v) is 4.80. The van der Waals surface area contributed by atoms with Crippen LogP contribution >= 0.6 is 0 Å². The van der Waals surface area contributed by atoms with E-state index < -0.39 is 11.4 Å². The molecule has 5 heteroatoms. The third-order valence-electron chi connectivity index (χ3n) is 3.63. The third-order valence-corrected chi connectivity index (χ3v) is 3.63. The summed E-state index contributed by atoms with van der Waals surface area (Å²) in [6, 6.07) is -0.225. The standard InChI is InChI=1S/C14H26N2O3/c1-5-8-9-10-16(4)13(19)15-11-14(6-2,7-3)12(17)18/h5H,1,6-11H2,2-4H3,(H,15,19)(H,17,18). The maximum Gasteiger partial charge on any atom is 0.317 e. The minimum Gasteiger partial charge on any atom is -0.481 e. The Balaban J connectivity index is 4.32. The molecule has 0 aliphatic rings. The molecule has 0 rings (SSSR count). The zero-order valence-electron chi connectivity index (χ0n) is 12.2. The van der Waals surface area contributed by atoms with E-state index in [9.17, 15) is 14.7 Å². The van der Waals surface area contributed by atoms with Crippen molar-refractivity contribution in [3.05, 3.63) is 12.7 Å². The summed E-state index contributed by atoms with van der Waals surface area (Å²) in [5, 5.41) is 12.0. The van der Waals surface area contributed by atoms with Gasteiger partial charge in [-0.25, -0.2) is 4.79 Å². The molecular weight excluding hydrogens is 244 g/mol. The lowest BCUT2D eigenvalue weighted by Gasteiger charge is -2.28. The molecule has 0 aromatic rings. The highest BCUT2D eigenvalue weighted by molar-refractivity contribution is 5.78. The van der Waals surface area contributed by atoms with Crippen LogP contribution in [0, 0.1) is 5.41 Å². The first-order valence-corrected chi connectivity index (χ1v) is 6.76. The van der Waals surface area contributed by atoms with Crippen LogP contribution in [0.4, 0.5) is 4.79 Å². The fourth-order valence-electron chi connectivity index (χ4n) is 1.83. The number of hydrogen-bond acceptors (Lipinski definition) is 2. The van der Waals surface area contributed by atoms with Crippen molar-refractivity contribution in [1.82, 2.24) is 10.2 Å². The van der Waals surface area contributed by atoms with Crippen LogP contribution in [0.5, 0.6) is 0 Å². The molecule has 110 valence electrons. The minimum atomic E-state index is -0.863. The number of nitrogens with one attached hydrogen (secondary N) is 1. The lowest BCUT2D eigenvalue weighted by Crippen LogP contribution is -2.46. The summed E-state index contributed by atoms with van der Waals surface area (Å²) < 4.78 is 0. The van der Waals surface area contributed by atoms with Gasteiger partial charge < -0.3 is 15.3 Å². The van der Waals surface area contributed by atoms with Crippen molar-refractivity contribution in [2.75, 3.05) is 20.1 Å². The highest BCUT2D eigenvalue weighted by Crippen LogP contribution is 2.25. The Labute approximate surface area is 115 Å². The van der Waals surface area contributed by atoms with Crippen molar-refractivity contribution >= 4 is 12.0 Å². The Kier molecular flexibility index (Phi) is 7.87. The van der Waals surface area contributed by atoms with E-state index in [-0.39, 0.29) is 12.6 Å². The zero-order valence-corrected chi connectivity index (χ0v) is 12.2. The Morgan fingerprint density at radius 3 is 2.37 bits per heavy atom. The monoisotopic (exact) mass is 270 g/mol. The lowest BCUT2D eigenvalue weighted by molar-refractivity contribution is -0.149. The molecule has 0 unspecified atom stereocenters. The van der Waals surface area contributed by atoms with E-state index in [4.69, 9.17) is 0 Å². The number of carbonyl (C=O) groups is 2. The average molecular weight is 270 g/mol. The number of carboxylic acids is 1. The molecule has 0 aromatic heterocycles. The molecule has 0 aliphatic heterocycles. The normalized spacial score (nSPS) is 10.9. The molecule has 2 N–H and O–H groups in total. The van der Waals surface area contributed by atoms with Gasteiger partial charge in [-0.1, -0.05) is 19.9 Å². The highest BCUT2D eigenvalue weighted by atomic mass is 16.4. The fourth-order valence-corrected chi connectivity index (χ4v) is 1.83. The van der Waals surface area contributed by atoms with Crippen LogP contribution in [-0.2, 0) is 4.79 Å². The SMILES string of the molecule is C=CCCCN(C)C(=O)NCC(CC)(CC)C(=O)O. The molecule has 0 aliphatic carbocycles. The van der Waals surface area contributed by atoms with E-state index in [1.54, 1.807) is 11.9 Å². The molecule has 0 fully saturated rings. The average Bonchev–Trinajstić information content (AvgIpc) is 2.40. The number of urea groups is 1. The molecule has 0 radical (unpaired) electrons. The summed E-state index contributed by atoms with van der Waals surface area (Å²) in [5.74, 6) is -0.855. The molecule has 0 saturated heterocycles. The topological polar surface area (TPSA) is 69.6 Å². The van der Waals surface area contributed by atoms with Gasteiger partial charge in [-0.15, -0.1) is 6.58 Å². The second-order valence-electron chi connectivity index (χ2n) is 4.80. The van der Waals surface area contributed by atoms with Gasteiger partial charge >= 0.3 is 12.0 Å². The Morgan fingerprint density at radius 1 is 1.37 bits per heavy atom. The minimum absolute atomic E-state index is 0.167. The van der Waals surface area contributed by atoms with Gasteiger partial charge in [0.1, 0.15) is 0 Å². The summed E-state index contributed by atoms with van der Waals surface area (Å²) in [7, 11) is 1.71. The molecule has 0 bridgehead atoms. The number of carbonyl (C=O) groups excluding carboxylic acids is 1. The summed E-state index contributed by atoms with van der Waals surface area (Å²) in [6.45, 7) is 8.09. The summed E-state index contributed by atoms with van der Waals surface area (Å²) in [6.07, 6.45) is 4.54. The second kappa shape index (κ2) is 8.56. The van der Waals surface area contributed by atoms with Gasteiger partial charge in [0.15, 0.2) is 0 Å². The quantitative estimate of drug-likeness (QED) is 0.499. The predicted molar refractivity (Wildman–Crippen MR) is 76.1 cm³/mol. The summed E-state index contributed by atoms with van der Waals surface area (Å²) in [4.78, 5) is 24.7. The first kappa shape index (κ1) is 17.5. The number of aliphatic carboxylic acids is 1. The van der Waals surface area contributed by atoms with Crippen molar-refractivity contribution in [2.45, 2.75) is 39.5 Å². The third kappa shape index (κ3) is 5.32. The van der Waals surface area contributed by atoms with Crippen LogP contribution in [0.25, 0.3) is 0 Å². The van der Waals surface area contributed by atoms with Crippen molar-refractivity contribution in [3.8, 4) is 0 Å². The van der Waals surface area contributed by atoms with Gasteiger partial charge in [-0.2, -0.15) is 0 Å². The van der Waals surface area contributed by atoms with Crippen LogP contribution in [0.1, 0.15) is 39.5 Å². The van der Waals surface area contributed by atoms with Gasteiger partial charge in [0.25, 0.3) is 0 Å². The van der Waals surface area contributed by atoms with E-state index in [2.05, 4.69) is 11.9 Å². The van der Waals surface area contributed by atoms with Crippen LogP contribution in [0.2, 0.25) is 0 Å². The predicted octanol–water partition coefficient (Wildman–Crippen LogP) is 2.49. The molecule has 0 atom stereocenters. The Morgan fingerprint density at radius 2 is 1.95 bits per heavy atom. The zero-order chi connectivity index (χ0) is 14.9. The number of hydrogen-bond donors (Lipinski definition) is 2. The molecule has 0 saturated carbocycles. The first-order chi connectivity index (χ1) is 8.93. The molecule has 5 nitrogen and oxygen atoms in total. The van der Waals surface area contributed by atoms with Crippen molar-refractivity contribution < 1.29 is 14.7 Å². The van der Waals surface area contributed by atoms with E-state index >= 15 is 0 Å². The first-order valence-electron chi connectivity index (χ1n) is 6.76. The van der Waals surface area contributed by atoms with Crippen LogP contribution in [0.3, 0.4) is 0 Å². The lowest BCUT2D eigenvalue weighted by atomic mass is 9.82. The van der Waals surface area contributed by atoms with Gasteiger partial charge in [0.05, 0.1) is 5.41 Å². The van der Waals surface area contributed by atoms with Crippen molar-refractivity contribution in [3.63, 3.8) is 0 Å². The van der Waals surface area contributed by atoms with Gasteiger partial charge in [-0.05, 0) is 25.7 Å². The van der Waals surface area contributed by atoms with E-state index in [1.165, 1.54) is 0 Å². The molecule has 0 spiro atoms. The van der Waals surface area contributed by atoms with Gasteiger partial charge in [-0.3, -0.25) is 4.79 Å². The summed E-state index contributed by atoms with van der Waals surface area (Å²) >= 11 is 0. The van der Waals surface area contributed by atoms with E-state index in [1.807, 2.05) is 19.9 Å². The molecule has 2 amide bonds. The maximum atomic E-state index is 11.8. The largest absolute Gasteiger partial charge is 0.481 e. The molecule has 0 aromatic carbocycles. The number of carboxylic acid groups (broad SMARTS) is 1. The fraction of sp³-hybridized carbons (Fsp3) is 0.714. The Hall–Kier alpha value is -1.52. The van der Waals surface area contributed by atoms with Gasteiger partial charge in [0, 0.05) is 20.1 Å².